The Bertz CT molecular complexity index is 698. The highest BCUT2D eigenvalue weighted by atomic mass is 32.1. The molecule has 0 saturated heterocycles. The summed E-state index contributed by atoms with van der Waals surface area (Å²) in [4.78, 5) is 16.1. The summed E-state index contributed by atoms with van der Waals surface area (Å²) in [5, 5.41) is 5.42. The maximum Gasteiger partial charge on any atom is 0.245 e. The van der Waals surface area contributed by atoms with Gasteiger partial charge in [-0.05, 0) is 48.9 Å². The molecule has 3 rings (SSSR count). The lowest BCUT2D eigenvalue weighted by molar-refractivity contribution is -0.132. The molecule has 128 valence electrons. The van der Waals surface area contributed by atoms with Crippen LogP contribution < -0.4 is 10.1 Å². The van der Waals surface area contributed by atoms with Gasteiger partial charge in [-0.1, -0.05) is 13.0 Å². The van der Waals surface area contributed by atoms with Crippen LogP contribution in [0.15, 0.2) is 35.7 Å². The number of thiophene rings is 1. The van der Waals surface area contributed by atoms with E-state index in [0.717, 1.165) is 37.4 Å². The van der Waals surface area contributed by atoms with Gasteiger partial charge >= 0.3 is 0 Å². The molecule has 4 nitrogen and oxygen atoms in total. The standard InChI is InChI=1S/C19H24N2O2S/c1-3-10-23-17-6-4-5-16(12-17)20-14(2)19(22)21-9-7-18-15(13-21)8-11-24-18/h4-6,8,11-12,14,20H,3,7,9-10,13H2,1-2H3. The summed E-state index contributed by atoms with van der Waals surface area (Å²) in [7, 11) is 0. The number of carbonyl (C=O) groups is 1. The maximum absolute atomic E-state index is 12.7. The van der Waals surface area contributed by atoms with E-state index in [-0.39, 0.29) is 11.9 Å². The highest BCUT2D eigenvalue weighted by molar-refractivity contribution is 7.10. The highest BCUT2D eigenvalue weighted by Gasteiger charge is 2.25. The molecule has 1 aliphatic rings. The van der Waals surface area contributed by atoms with Crippen LogP contribution in [0.1, 0.15) is 30.7 Å². The molecule has 0 bridgehead atoms. The number of benzene rings is 1. The zero-order valence-electron chi connectivity index (χ0n) is 14.2. The first kappa shape index (κ1) is 16.8. The molecule has 0 saturated carbocycles. The molecule has 2 aromatic rings. The molecule has 0 aliphatic carbocycles. The Kier molecular flexibility index (Phi) is 5.41. The second kappa shape index (κ2) is 7.71. The van der Waals surface area contributed by atoms with Crippen molar-refractivity contribution in [3.8, 4) is 5.75 Å². The Labute approximate surface area is 147 Å². The minimum atomic E-state index is -0.258. The van der Waals surface area contributed by atoms with Crippen LogP contribution in [-0.2, 0) is 17.8 Å². The summed E-state index contributed by atoms with van der Waals surface area (Å²) in [6, 6.07) is 9.68. The number of ether oxygens (including phenoxy) is 1. The third-order valence-electron chi connectivity index (χ3n) is 4.18. The summed E-state index contributed by atoms with van der Waals surface area (Å²) in [5.41, 5.74) is 2.21. The lowest BCUT2D eigenvalue weighted by Crippen LogP contribution is -2.43. The van der Waals surface area contributed by atoms with Crippen molar-refractivity contribution in [1.29, 1.82) is 0 Å². The molecule has 1 aliphatic heterocycles. The van der Waals surface area contributed by atoms with Gasteiger partial charge in [0.15, 0.2) is 0 Å². The van der Waals surface area contributed by atoms with E-state index in [1.165, 1.54) is 10.4 Å². The monoisotopic (exact) mass is 344 g/mol. The van der Waals surface area contributed by atoms with Crippen molar-refractivity contribution in [2.45, 2.75) is 39.3 Å². The van der Waals surface area contributed by atoms with Crippen molar-refractivity contribution < 1.29 is 9.53 Å². The molecule has 5 heteroatoms. The number of hydrogen-bond donors (Lipinski definition) is 1. The van der Waals surface area contributed by atoms with Gasteiger partial charge in [-0.3, -0.25) is 4.79 Å². The fourth-order valence-corrected chi connectivity index (χ4v) is 3.81. The number of hydrogen-bond acceptors (Lipinski definition) is 4. The van der Waals surface area contributed by atoms with Crippen molar-refractivity contribution in [1.82, 2.24) is 4.90 Å². The second-order valence-corrected chi connectivity index (χ2v) is 7.12. The number of rotatable bonds is 6. The van der Waals surface area contributed by atoms with E-state index in [4.69, 9.17) is 4.74 Å². The number of anilines is 1. The van der Waals surface area contributed by atoms with Gasteiger partial charge < -0.3 is 15.0 Å². The SMILES string of the molecule is CCCOc1cccc(NC(C)C(=O)N2CCc3sccc3C2)c1. The van der Waals surface area contributed by atoms with Gasteiger partial charge in [0.1, 0.15) is 11.8 Å². The van der Waals surface area contributed by atoms with Crippen molar-refractivity contribution in [3.05, 3.63) is 46.2 Å². The molecule has 1 atom stereocenters. The Morgan fingerprint density at radius 1 is 1.42 bits per heavy atom. The van der Waals surface area contributed by atoms with E-state index >= 15 is 0 Å². The number of amides is 1. The van der Waals surface area contributed by atoms with Crippen molar-refractivity contribution in [3.63, 3.8) is 0 Å². The van der Waals surface area contributed by atoms with Crippen molar-refractivity contribution in [2.24, 2.45) is 0 Å². The molecule has 0 radical (unpaired) electrons. The van der Waals surface area contributed by atoms with Gasteiger partial charge in [-0.2, -0.15) is 0 Å². The third-order valence-corrected chi connectivity index (χ3v) is 5.20. The van der Waals surface area contributed by atoms with Crippen LogP contribution in [0.25, 0.3) is 0 Å². The minimum absolute atomic E-state index is 0.145. The summed E-state index contributed by atoms with van der Waals surface area (Å²) >= 11 is 1.79. The zero-order valence-corrected chi connectivity index (χ0v) is 15.1. The van der Waals surface area contributed by atoms with E-state index in [1.807, 2.05) is 36.1 Å². The van der Waals surface area contributed by atoms with Gasteiger partial charge in [-0.25, -0.2) is 0 Å². The molecule has 1 unspecified atom stereocenters. The first-order valence-corrected chi connectivity index (χ1v) is 9.38. The van der Waals surface area contributed by atoms with Gasteiger partial charge in [0, 0.05) is 29.7 Å². The average molecular weight is 344 g/mol. The number of fused-ring (bicyclic) bond motifs is 1. The Morgan fingerprint density at radius 3 is 3.12 bits per heavy atom. The largest absolute Gasteiger partial charge is 0.494 e. The van der Waals surface area contributed by atoms with Crippen molar-refractivity contribution >= 4 is 22.9 Å². The molecule has 24 heavy (non-hydrogen) atoms. The van der Waals surface area contributed by atoms with E-state index in [2.05, 4.69) is 23.7 Å². The van der Waals surface area contributed by atoms with Gasteiger partial charge in [-0.15, -0.1) is 11.3 Å². The Balaban J connectivity index is 1.60. The predicted molar refractivity (Wildman–Crippen MR) is 98.8 cm³/mol. The molecule has 1 aromatic carbocycles. The van der Waals surface area contributed by atoms with Crippen LogP contribution in [0.2, 0.25) is 0 Å². The predicted octanol–water partition coefficient (Wildman–Crippen LogP) is 3.92. The lowest BCUT2D eigenvalue weighted by Gasteiger charge is -2.30. The van der Waals surface area contributed by atoms with E-state index in [0.29, 0.717) is 6.61 Å². The molecule has 1 aromatic heterocycles. The molecule has 1 amide bonds. The van der Waals surface area contributed by atoms with Crippen LogP contribution in [0.5, 0.6) is 5.75 Å². The first-order chi connectivity index (χ1) is 11.7. The molecule has 0 fully saturated rings. The van der Waals surface area contributed by atoms with Crippen molar-refractivity contribution in [2.75, 3.05) is 18.5 Å². The third kappa shape index (κ3) is 3.90. The van der Waals surface area contributed by atoms with E-state index < -0.39 is 0 Å². The Hall–Kier alpha value is -2.01. The fraction of sp³-hybridized carbons (Fsp3) is 0.421. The smallest absolute Gasteiger partial charge is 0.245 e. The first-order valence-electron chi connectivity index (χ1n) is 8.51. The van der Waals surface area contributed by atoms with Crippen LogP contribution >= 0.6 is 11.3 Å². The summed E-state index contributed by atoms with van der Waals surface area (Å²) < 4.78 is 5.65. The molecule has 1 N–H and O–H groups in total. The quantitative estimate of drug-likeness (QED) is 0.863. The van der Waals surface area contributed by atoms with Crippen LogP contribution in [0.3, 0.4) is 0 Å². The molecule has 0 spiro atoms. The summed E-state index contributed by atoms with van der Waals surface area (Å²) in [6.45, 7) is 6.24. The number of nitrogens with zero attached hydrogens (tertiary/aromatic N) is 1. The summed E-state index contributed by atoms with van der Waals surface area (Å²) in [6.07, 6.45) is 1.94. The van der Waals surface area contributed by atoms with Gasteiger partial charge in [0.05, 0.1) is 6.61 Å². The number of nitrogens with one attached hydrogen (secondary N) is 1. The van der Waals surface area contributed by atoms with E-state index in [9.17, 15) is 4.79 Å². The lowest BCUT2D eigenvalue weighted by atomic mass is 10.1. The van der Waals surface area contributed by atoms with Crippen LogP contribution in [0, 0.1) is 0 Å². The minimum Gasteiger partial charge on any atom is -0.494 e. The topological polar surface area (TPSA) is 41.6 Å². The number of carbonyl (C=O) groups excluding carboxylic acids is 1. The maximum atomic E-state index is 12.7. The van der Waals surface area contributed by atoms with Crippen LogP contribution in [-0.4, -0.2) is 30.0 Å². The molecule has 2 heterocycles. The normalized spacial score (nSPS) is 14.8. The molecular weight excluding hydrogens is 320 g/mol. The fourth-order valence-electron chi connectivity index (χ4n) is 2.92. The molecular formula is C19H24N2O2S. The second-order valence-electron chi connectivity index (χ2n) is 6.12. The highest BCUT2D eigenvalue weighted by Crippen LogP contribution is 2.25. The van der Waals surface area contributed by atoms with Crippen LogP contribution in [0.4, 0.5) is 5.69 Å². The zero-order chi connectivity index (χ0) is 16.9. The average Bonchev–Trinajstić information content (AvgIpc) is 3.07. The van der Waals surface area contributed by atoms with E-state index in [1.54, 1.807) is 11.3 Å². The summed E-state index contributed by atoms with van der Waals surface area (Å²) in [5.74, 6) is 0.981. The Morgan fingerprint density at radius 2 is 2.29 bits per heavy atom. The van der Waals surface area contributed by atoms with Gasteiger partial charge in [0.25, 0.3) is 0 Å². The van der Waals surface area contributed by atoms with Gasteiger partial charge in [0.2, 0.25) is 5.91 Å².